The zero-order valence-corrected chi connectivity index (χ0v) is 12.8. The molecule has 1 aromatic heterocycles. The quantitative estimate of drug-likeness (QED) is 0.861. The van der Waals surface area contributed by atoms with Gasteiger partial charge in [0.1, 0.15) is 11.6 Å². The molecule has 1 unspecified atom stereocenters. The Morgan fingerprint density at radius 1 is 1.21 bits per heavy atom. The van der Waals surface area contributed by atoms with Gasteiger partial charge in [0.25, 0.3) is 0 Å². The average molecular weight is 346 g/mol. The van der Waals surface area contributed by atoms with E-state index >= 15 is 0 Å². The van der Waals surface area contributed by atoms with Crippen LogP contribution in [0.15, 0.2) is 28.7 Å². The lowest BCUT2D eigenvalue weighted by molar-refractivity contribution is 0.524. The van der Waals surface area contributed by atoms with Crippen LogP contribution in [0.5, 0.6) is 0 Å². The first-order valence-corrected chi connectivity index (χ1v) is 7.59. The van der Waals surface area contributed by atoms with Crippen molar-refractivity contribution >= 4 is 27.3 Å². The molecule has 0 aliphatic heterocycles. The topological polar surface area (TPSA) is 26.0 Å². The van der Waals surface area contributed by atoms with Crippen molar-refractivity contribution in [2.75, 3.05) is 0 Å². The summed E-state index contributed by atoms with van der Waals surface area (Å²) in [6, 6.07) is 5.81. The fourth-order valence-corrected chi connectivity index (χ4v) is 3.37. The van der Waals surface area contributed by atoms with Gasteiger partial charge in [-0.1, -0.05) is 22.9 Å². The molecular formula is C14H14BrF2NS. The minimum atomic E-state index is -0.670. The zero-order chi connectivity index (χ0) is 14.0. The van der Waals surface area contributed by atoms with Crippen LogP contribution in [0, 0.1) is 11.6 Å². The van der Waals surface area contributed by atoms with Crippen molar-refractivity contribution < 1.29 is 8.78 Å². The van der Waals surface area contributed by atoms with Gasteiger partial charge in [-0.15, -0.1) is 11.3 Å². The Morgan fingerprint density at radius 3 is 2.32 bits per heavy atom. The Morgan fingerprint density at radius 2 is 1.79 bits per heavy atom. The van der Waals surface area contributed by atoms with Crippen molar-refractivity contribution in [1.29, 1.82) is 0 Å². The largest absolute Gasteiger partial charge is 0.323 e. The van der Waals surface area contributed by atoms with Gasteiger partial charge in [-0.05, 0) is 30.7 Å². The molecular weight excluding hydrogens is 332 g/mol. The van der Waals surface area contributed by atoms with E-state index in [9.17, 15) is 8.78 Å². The van der Waals surface area contributed by atoms with Crippen molar-refractivity contribution in [2.24, 2.45) is 5.73 Å². The number of hydrogen-bond donors (Lipinski definition) is 1. The molecule has 2 N–H and O–H groups in total. The molecule has 19 heavy (non-hydrogen) atoms. The van der Waals surface area contributed by atoms with Crippen LogP contribution in [0.1, 0.15) is 28.3 Å². The average Bonchev–Trinajstić information content (AvgIpc) is 2.75. The highest BCUT2D eigenvalue weighted by Gasteiger charge is 2.18. The van der Waals surface area contributed by atoms with E-state index in [1.807, 2.05) is 12.1 Å². The molecule has 102 valence electrons. The van der Waals surface area contributed by atoms with Gasteiger partial charge < -0.3 is 5.73 Å². The van der Waals surface area contributed by atoms with Crippen LogP contribution in [0.25, 0.3) is 0 Å². The highest BCUT2D eigenvalue weighted by molar-refractivity contribution is 9.10. The SMILES string of the molecule is CCc1ccc(CC(N)c2c(F)cc(Br)cc2F)s1. The molecule has 0 aliphatic rings. The Hall–Kier alpha value is -0.780. The van der Waals surface area contributed by atoms with Gasteiger partial charge in [-0.3, -0.25) is 0 Å². The predicted molar refractivity (Wildman–Crippen MR) is 78.4 cm³/mol. The highest BCUT2D eigenvalue weighted by Crippen LogP contribution is 2.28. The molecule has 0 saturated carbocycles. The molecule has 1 aromatic carbocycles. The number of nitrogens with two attached hydrogens (primary N) is 1. The van der Waals surface area contributed by atoms with Crippen LogP contribution >= 0.6 is 27.3 Å². The number of thiophene rings is 1. The lowest BCUT2D eigenvalue weighted by Gasteiger charge is -2.13. The summed E-state index contributed by atoms with van der Waals surface area (Å²) in [5.74, 6) is -1.21. The Balaban J connectivity index is 2.22. The Bertz CT molecular complexity index is 560. The lowest BCUT2D eigenvalue weighted by Crippen LogP contribution is -2.16. The molecule has 0 saturated heterocycles. The van der Waals surface area contributed by atoms with Crippen LogP contribution in [0.2, 0.25) is 0 Å². The van der Waals surface area contributed by atoms with E-state index in [1.165, 1.54) is 17.0 Å². The van der Waals surface area contributed by atoms with E-state index in [1.54, 1.807) is 11.3 Å². The van der Waals surface area contributed by atoms with Crippen molar-refractivity contribution in [2.45, 2.75) is 25.8 Å². The van der Waals surface area contributed by atoms with Crippen molar-refractivity contribution in [3.63, 3.8) is 0 Å². The standard InChI is InChI=1S/C14H14BrF2NS/c1-2-9-3-4-10(19-9)7-13(18)14-11(16)5-8(15)6-12(14)17/h3-6,13H,2,7,18H2,1H3. The number of halogens is 3. The molecule has 1 heterocycles. The van der Waals surface area contributed by atoms with Crippen LogP contribution < -0.4 is 5.73 Å². The van der Waals surface area contributed by atoms with Gasteiger partial charge in [-0.2, -0.15) is 0 Å². The number of rotatable bonds is 4. The molecule has 5 heteroatoms. The molecule has 1 nitrogen and oxygen atoms in total. The molecule has 2 aromatic rings. The van der Waals surface area contributed by atoms with E-state index in [0.717, 1.165) is 11.3 Å². The van der Waals surface area contributed by atoms with Crippen LogP contribution in [-0.2, 0) is 12.8 Å². The molecule has 0 fully saturated rings. The Kier molecular flexibility index (Phi) is 4.71. The van der Waals surface area contributed by atoms with Crippen molar-refractivity contribution in [3.8, 4) is 0 Å². The second kappa shape index (κ2) is 6.11. The summed E-state index contributed by atoms with van der Waals surface area (Å²) in [7, 11) is 0. The number of benzene rings is 1. The highest BCUT2D eigenvalue weighted by atomic mass is 79.9. The predicted octanol–water partition coefficient (Wildman–Crippen LogP) is 4.59. The fourth-order valence-electron chi connectivity index (χ4n) is 1.95. The van der Waals surface area contributed by atoms with Gasteiger partial charge in [0.2, 0.25) is 0 Å². The molecule has 2 rings (SSSR count). The molecule has 1 atom stereocenters. The number of aryl methyl sites for hydroxylation is 1. The summed E-state index contributed by atoms with van der Waals surface area (Å²) < 4.78 is 28.0. The van der Waals surface area contributed by atoms with Gasteiger partial charge in [-0.25, -0.2) is 8.78 Å². The van der Waals surface area contributed by atoms with Gasteiger partial charge >= 0.3 is 0 Å². The maximum atomic E-state index is 13.8. The minimum Gasteiger partial charge on any atom is -0.323 e. The fraction of sp³-hybridized carbons (Fsp3) is 0.286. The van der Waals surface area contributed by atoms with E-state index in [4.69, 9.17) is 5.73 Å². The minimum absolute atomic E-state index is 0.0466. The van der Waals surface area contributed by atoms with Crippen LogP contribution in [0.4, 0.5) is 8.78 Å². The summed E-state index contributed by atoms with van der Waals surface area (Å²) in [5.41, 5.74) is 5.89. The summed E-state index contributed by atoms with van der Waals surface area (Å²) in [6.45, 7) is 2.07. The first-order chi connectivity index (χ1) is 9.01. The molecule has 0 bridgehead atoms. The third kappa shape index (κ3) is 3.41. The maximum Gasteiger partial charge on any atom is 0.132 e. The second-order valence-corrected chi connectivity index (χ2v) is 6.48. The van der Waals surface area contributed by atoms with E-state index in [2.05, 4.69) is 22.9 Å². The van der Waals surface area contributed by atoms with E-state index < -0.39 is 17.7 Å². The van der Waals surface area contributed by atoms with E-state index in [0.29, 0.717) is 10.9 Å². The molecule has 0 spiro atoms. The smallest absolute Gasteiger partial charge is 0.132 e. The first-order valence-electron chi connectivity index (χ1n) is 5.99. The summed E-state index contributed by atoms with van der Waals surface area (Å²) in [5, 5.41) is 0. The third-order valence-electron chi connectivity index (χ3n) is 2.90. The molecule has 0 aliphatic carbocycles. The second-order valence-electron chi connectivity index (χ2n) is 4.32. The van der Waals surface area contributed by atoms with Gasteiger partial charge in [0, 0.05) is 32.3 Å². The maximum absolute atomic E-state index is 13.8. The van der Waals surface area contributed by atoms with Gasteiger partial charge in [0.15, 0.2) is 0 Å². The van der Waals surface area contributed by atoms with Crippen molar-refractivity contribution in [1.82, 2.24) is 0 Å². The Labute approximate surface area is 123 Å². The molecule has 0 amide bonds. The number of hydrogen-bond acceptors (Lipinski definition) is 2. The van der Waals surface area contributed by atoms with Crippen LogP contribution in [-0.4, -0.2) is 0 Å². The van der Waals surface area contributed by atoms with Gasteiger partial charge in [0.05, 0.1) is 0 Å². The third-order valence-corrected chi connectivity index (χ3v) is 4.61. The lowest BCUT2D eigenvalue weighted by atomic mass is 10.0. The molecule has 0 radical (unpaired) electrons. The summed E-state index contributed by atoms with van der Waals surface area (Å²) in [6.07, 6.45) is 1.40. The zero-order valence-electron chi connectivity index (χ0n) is 10.4. The van der Waals surface area contributed by atoms with Crippen molar-refractivity contribution in [3.05, 3.63) is 55.7 Å². The summed E-state index contributed by atoms with van der Waals surface area (Å²) >= 11 is 4.69. The monoisotopic (exact) mass is 345 g/mol. The first kappa shape index (κ1) is 14.6. The van der Waals surface area contributed by atoms with E-state index in [-0.39, 0.29) is 5.56 Å². The normalized spacial score (nSPS) is 12.7. The summed E-state index contributed by atoms with van der Waals surface area (Å²) in [4.78, 5) is 2.30. The van der Waals surface area contributed by atoms with Crippen LogP contribution in [0.3, 0.4) is 0 Å².